The largest absolute Gasteiger partial charge is 0.458 e. The maximum atomic E-state index is 13.7. The van der Waals surface area contributed by atoms with E-state index in [0.29, 0.717) is 30.0 Å². The molecule has 1 aliphatic heterocycles. The molecule has 0 aliphatic carbocycles. The maximum Gasteiger partial charge on any atom is 0.329 e. The summed E-state index contributed by atoms with van der Waals surface area (Å²) in [4.78, 5) is 30.8. The molecule has 29 heavy (non-hydrogen) atoms. The van der Waals surface area contributed by atoms with Crippen molar-refractivity contribution >= 4 is 11.9 Å². The fraction of sp³-hybridized carbons (Fsp3) is 0.524. The van der Waals surface area contributed by atoms with Crippen LogP contribution in [0.5, 0.6) is 0 Å². The molecular formula is C21H26FN3O4. The Labute approximate surface area is 169 Å². The number of likely N-dealkylation sites (tertiary alicyclic amines) is 1. The summed E-state index contributed by atoms with van der Waals surface area (Å²) in [6, 6.07) is 4.17. The van der Waals surface area contributed by atoms with Crippen molar-refractivity contribution in [2.75, 3.05) is 6.54 Å². The molecule has 0 spiro atoms. The molecule has 7 nitrogen and oxygen atoms in total. The van der Waals surface area contributed by atoms with E-state index in [-0.39, 0.29) is 36.4 Å². The molecule has 0 bridgehead atoms. The van der Waals surface area contributed by atoms with Gasteiger partial charge in [-0.15, -0.1) is 0 Å². The number of aromatic nitrogens is 2. The number of amides is 1. The third kappa shape index (κ3) is 5.19. The van der Waals surface area contributed by atoms with Crippen molar-refractivity contribution in [3.8, 4) is 11.4 Å². The Morgan fingerprint density at radius 3 is 2.79 bits per heavy atom. The third-order valence-corrected chi connectivity index (χ3v) is 4.70. The van der Waals surface area contributed by atoms with E-state index in [0.717, 1.165) is 6.42 Å². The second-order valence-electron chi connectivity index (χ2n) is 8.25. The Morgan fingerprint density at radius 2 is 2.10 bits per heavy atom. The molecule has 156 valence electrons. The number of hydrogen-bond acceptors (Lipinski definition) is 6. The molecule has 1 atom stereocenters. The second-order valence-corrected chi connectivity index (χ2v) is 8.25. The molecule has 1 aliphatic rings. The summed E-state index contributed by atoms with van der Waals surface area (Å²) in [6.07, 6.45) is 1.75. The van der Waals surface area contributed by atoms with E-state index in [1.807, 2.05) is 0 Å². The molecule has 1 aromatic carbocycles. The van der Waals surface area contributed by atoms with Crippen LogP contribution in [-0.2, 0) is 20.7 Å². The van der Waals surface area contributed by atoms with Crippen LogP contribution in [0.2, 0.25) is 0 Å². The Bertz CT molecular complexity index is 904. The number of benzene rings is 1. The molecule has 1 aromatic heterocycles. The van der Waals surface area contributed by atoms with Crippen LogP contribution in [0.1, 0.15) is 51.5 Å². The van der Waals surface area contributed by atoms with Crippen molar-refractivity contribution in [3.05, 3.63) is 35.5 Å². The van der Waals surface area contributed by atoms with E-state index in [1.165, 1.54) is 6.07 Å². The molecular weight excluding hydrogens is 377 g/mol. The van der Waals surface area contributed by atoms with Gasteiger partial charge < -0.3 is 14.2 Å². The Hall–Kier alpha value is -2.77. The lowest BCUT2D eigenvalue weighted by Gasteiger charge is -2.27. The molecule has 1 saturated heterocycles. The summed E-state index contributed by atoms with van der Waals surface area (Å²) in [5, 5.41) is 3.86. The predicted octanol–water partition coefficient (Wildman–Crippen LogP) is 3.45. The molecule has 2 heterocycles. The van der Waals surface area contributed by atoms with Gasteiger partial charge in [0.1, 0.15) is 17.5 Å². The van der Waals surface area contributed by atoms with Crippen LogP contribution in [0, 0.1) is 12.7 Å². The van der Waals surface area contributed by atoms with Crippen LogP contribution in [0.25, 0.3) is 11.4 Å². The quantitative estimate of drug-likeness (QED) is 0.711. The zero-order valence-corrected chi connectivity index (χ0v) is 17.2. The van der Waals surface area contributed by atoms with Crippen LogP contribution < -0.4 is 0 Å². The normalized spacial score (nSPS) is 16.9. The van der Waals surface area contributed by atoms with Gasteiger partial charge in [0.15, 0.2) is 0 Å². The van der Waals surface area contributed by atoms with Gasteiger partial charge in [-0.2, -0.15) is 4.98 Å². The van der Waals surface area contributed by atoms with E-state index in [2.05, 4.69) is 10.1 Å². The van der Waals surface area contributed by atoms with Crippen molar-refractivity contribution in [1.29, 1.82) is 0 Å². The van der Waals surface area contributed by atoms with E-state index in [9.17, 15) is 14.0 Å². The van der Waals surface area contributed by atoms with Gasteiger partial charge in [0, 0.05) is 24.9 Å². The summed E-state index contributed by atoms with van der Waals surface area (Å²) >= 11 is 0. The zero-order valence-electron chi connectivity index (χ0n) is 17.2. The number of nitrogens with zero attached hydrogens (tertiary/aromatic N) is 3. The topological polar surface area (TPSA) is 85.5 Å². The van der Waals surface area contributed by atoms with Gasteiger partial charge in [0.05, 0.1) is 0 Å². The fourth-order valence-electron chi connectivity index (χ4n) is 3.24. The summed E-state index contributed by atoms with van der Waals surface area (Å²) < 4.78 is 24.4. The number of carbonyl (C=O) groups excluding carboxylic acids is 2. The molecule has 3 rings (SSSR count). The molecule has 0 radical (unpaired) electrons. The summed E-state index contributed by atoms with van der Waals surface area (Å²) in [5.41, 5.74) is 0.455. The van der Waals surface area contributed by atoms with Crippen LogP contribution in [0.4, 0.5) is 4.39 Å². The van der Waals surface area contributed by atoms with Crippen LogP contribution in [0.3, 0.4) is 0 Å². The van der Waals surface area contributed by atoms with E-state index in [4.69, 9.17) is 9.26 Å². The first-order valence-electron chi connectivity index (χ1n) is 9.75. The highest BCUT2D eigenvalue weighted by Crippen LogP contribution is 2.23. The Kier molecular flexibility index (Phi) is 6.00. The molecule has 0 N–H and O–H groups in total. The van der Waals surface area contributed by atoms with E-state index in [1.54, 1.807) is 44.7 Å². The molecule has 1 fully saturated rings. The lowest BCUT2D eigenvalue weighted by molar-refractivity contribution is -0.163. The number of hydrogen-bond donors (Lipinski definition) is 0. The van der Waals surface area contributed by atoms with Crippen molar-refractivity contribution in [1.82, 2.24) is 15.0 Å². The maximum absolute atomic E-state index is 13.7. The van der Waals surface area contributed by atoms with Crippen LogP contribution in [0.15, 0.2) is 22.7 Å². The number of esters is 1. The second kappa shape index (κ2) is 8.31. The molecule has 2 aromatic rings. The fourth-order valence-corrected chi connectivity index (χ4v) is 3.24. The smallest absolute Gasteiger partial charge is 0.329 e. The number of aryl methyl sites for hydroxylation is 2. The van der Waals surface area contributed by atoms with Crippen LogP contribution in [-0.4, -0.2) is 45.1 Å². The number of halogens is 1. The average Bonchev–Trinajstić information content (AvgIpc) is 3.30. The monoisotopic (exact) mass is 403 g/mol. The minimum atomic E-state index is -0.593. The highest BCUT2D eigenvalue weighted by Gasteiger charge is 2.36. The summed E-state index contributed by atoms with van der Waals surface area (Å²) in [5.74, 6) is -0.294. The standard InChI is InChI=1S/C21H26FN3O4/c1-13-7-8-14(12-15(13)22)19-23-17(29-24-19)9-10-18(26)25-11-5-6-16(25)20(27)28-21(2,3)4/h7-8,12,16H,5-6,9-11H2,1-4H3. The first-order valence-corrected chi connectivity index (χ1v) is 9.75. The molecule has 0 saturated carbocycles. The van der Waals surface area contributed by atoms with Crippen molar-refractivity contribution in [2.24, 2.45) is 0 Å². The summed E-state index contributed by atoms with van der Waals surface area (Å²) in [6.45, 7) is 7.62. The van der Waals surface area contributed by atoms with Crippen molar-refractivity contribution in [2.45, 2.75) is 65.0 Å². The van der Waals surface area contributed by atoms with Gasteiger partial charge >= 0.3 is 5.97 Å². The first kappa shape index (κ1) is 21.0. The van der Waals surface area contributed by atoms with E-state index >= 15 is 0 Å². The van der Waals surface area contributed by atoms with Gasteiger partial charge in [-0.25, -0.2) is 9.18 Å². The Morgan fingerprint density at radius 1 is 1.34 bits per heavy atom. The molecule has 1 unspecified atom stereocenters. The lowest BCUT2D eigenvalue weighted by Crippen LogP contribution is -2.43. The molecule has 1 amide bonds. The number of ether oxygens (including phenoxy) is 1. The first-order chi connectivity index (χ1) is 13.6. The highest BCUT2D eigenvalue weighted by atomic mass is 19.1. The van der Waals surface area contributed by atoms with Gasteiger partial charge in [0.25, 0.3) is 0 Å². The van der Waals surface area contributed by atoms with Crippen LogP contribution >= 0.6 is 0 Å². The number of carbonyl (C=O) groups is 2. The van der Waals surface area contributed by atoms with E-state index < -0.39 is 11.6 Å². The highest BCUT2D eigenvalue weighted by molar-refractivity contribution is 5.85. The van der Waals surface area contributed by atoms with Gasteiger partial charge in [-0.1, -0.05) is 17.3 Å². The van der Waals surface area contributed by atoms with Crippen molar-refractivity contribution in [3.63, 3.8) is 0 Å². The Balaban J connectivity index is 1.60. The minimum Gasteiger partial charge on any atom is -0.458 e. The van der Waals surface area contributed by atoms with Gasteiger partial charge in [-0.05, 0) is 52.2 Å². The summed E-state index contributed by atoms with van der Waals surface area (Å²) in [7, 11) is 0. The SMILES string of the molecule is Cc1ccc(-c2noc(CCC(=O)N3CCCC3C(=O)OC(C)(C)C)n2)cc1F. The predicted molar refractivity (Wildman–Crippen MR) is 103 cm³/mol. The van der Waals surface area contributed by atoms with Gasteiger partial charge in [0.2, 0.25) is 17.6 Å². The minimum absolute atomic E-state index is 0.142. The average molecular weight is 403 g/mol. The lowest BCUT2D eigenvalue weighted by atomic mass is 10.1. The third-order valence-electron chi connectivity index (χ3n) is 4.70. The zero-order chi connectivity index (χ0) is 21.2. The van der Waals surface area contributed by atoms with Gasteiger partial charge in [-0.3, -0.25) is 4.79 Å². The number of rotatable bonds is 5. The van der Waals surface area contributed by atoms with Crippen molar-refractivity contribution < 1.29 is 23.2 Å². The molecule has 8 heteroatoms.